The molecule has 9 N–H and O–H groups in total. The third-order valence-corrected chi connectivity index (χ3v) is 0.925. The molecule has 0 rings (SSSR count). The zero-order valence-electron chi connectivity index (χ0n) is 7.63. The van der Waals surface area contributed by atoms with E-state index in [0.717, 1.165) is 0 Å². The molecule has 9 heteroatoms. The van der Waals surface area contributed by atoms with Crippen LogP contribution in [0.5, 0.6) is 0 Å². The van der Waals surface area contributed by atoms with Gasteiger partial charge in [-0.05, 0) is 6.92 Å². The van der Waals surface area contributed by atoms with E-state index in [9.17, 15) is 0 Å². The maximum absolute atomic E-state index is 6.98. The summed E-state index contributed by atoms with van der Waals surface area (Å²) < 4.78 is 0. The lowest BCUT2D eigenvalue weighted by molar-refractivity contribution is 0.889. The third kappa shape index (κ3) is 6.54. The van der Waals surface area contributed by atoms with E-state index in [-0.39, 0.29) is 11.9 Å². The molecule has 0 fully saturated rings. The number of hydrazone groups is 2. The van der Waals surface area contributed by atoms with Gasteiger partial charge in [0.1, 0.15) is 0 Å². The summed E-state index contributed by atoms with van der Waals surface area (Å²) >= 11 is 0. The Hall–Kier alpha value is -2.16. The Bertz CT molecular complexity index is 264. The van der Waals surface area contributed by atoms with Crippen molar-refractivity contribution in [2.75, 3.05) is 0 Å². The molecule has 78 valence electrons. The van der Waals surface area contributed by atoms with E-state index in [1.165, 1.54) is 6.21 Å². The molecule has 0 amide bonds. The predicted molar refractivity (Wildman–Crippen MR) is 54.8 cm³/mol. The summed E-state index contributed by atoms with van der Waals surface area (Å²) in [6, 6.07) is 0. The minimum Gasteiger partial charge on any atom is -0.369 e. The van der Waals surface area contributed by atoms with Gasteiger partial charge in [-0.1, -0.05) is 0 Å². The van der Waals surface area contributed by atoms with E-state index in [2.05, 4.69) is 21.1 Å². The standard InChI is InChI=1S/C5H13N9/c1-3(12-13-4(6)7)2-10-14-5(8)11-9/h2H,9H2,1H3,(H4,6,7,13)(H3,8,11,14)/b10-2+,12-3+. The largest absolute Gasteiger partial charge is 0.369 e. The summed E-state index contributed by atoms with van der Waals surface area (Å²) in [5, 5.41) is 21.0. The van der Waals surface area contributed by atoms with Gasteiger partial charge >= 0.3 is 0 Å². The zero-order valence-corrected chi connectivity index (χ0v) is 7.63. The minimum absolute atomic E-state index is 0.145. The third-order valence-electron chi connectivity index (χ3n) is 0.925. The number of nitrogens with zero attached hydrogens (tertiary/aromatic N) is 2. The lowest BCUT2D eigenvalue weighted by Gasteiger charge is -1.99. The number of hydrogen-bond donors (Lipinski definition) is 7. The zero-order chi connectivity index (χ0) is 11.0. The SMILES string of the molecule is CC(/C=N/NC(=N)NN)=N\NC(=N)N. The van der Waals surface area contributed by atoms with Crippen molar-refractivity contribution in [3.8, 4) is 0 Å². The van der Waals surface area contributed by atoms with Crippen LogP contribution in [0.2, 0.25) is 0 Å². The van der Waals surface area contributed by atoms with Crippen molar-refractivity contribution in [2.24, 2.45) is 21.8 Å². The molecule has 0 aromatic rings. The fourth-order valence-corrected chi connectivity index (χ4v) is 0.400. The van der Waals surface area contributed by atoms with E-state index in [4.69, 9.17) is 22.4 Å². The lowest BCUT2D eigenvalue weighted by atomic mass is 10.5. The Morgan fingerprint density at radius 2 is 2.00 bits per heavy atom. The molecule has 0 atom stereocenters. The summed E-state index contributed by atoms with van der Waals surface area (Å²) in [4.78, 5) is 0. The van der Waals surface area contributed by atoms with Crippen molar-refractivity contribution < 1.29 is 0 Å². The van der Waals surface area contributed by atoms with E-state index in [1.54, 1.807) is 6.92 Å². The molecular weight excluding hydrogens is 186 g/mol. The molecule has 0 spiro atoms. The van der Waals surface area contributed by atoms with E-state index in [1.807, 2.05) is 5.43 Å². The molecule has 0 radical (unpaired) electrons. The molecule has 0 heterocycles. The summed E-state index contributed by atoms with van der Waals surface area (Å²) in [7, 11) is 0. The van der Waals surface area contributed by atoms with Gasteiger partial charge in [-0.2, -0.15) is 10.2 Å². The van der Waals surface area contributed by atoms with Crippen LogP contribution in [0, 0.1) is 10.8 Å². The van der Waals surface area contributed by atoms with Gasteiger partial charge in [0.05, 0.1) is 11.9 Å². The molecule has 0 bridgehead atoms. The first-order valence-corrected chi connectivity index (χ1v) is 3.55. The smallest absolute Gasteiger partial charge is 0.223 e. The molecule has 0 aromatic carbocycles. The van der Waals surface area contributed by atoms with Crippen molar-refractivity contribution >= 4 is 23.8 Å². The van der Waals surface area contributed by atoms with E-state index >= 15 is 0 Å². The van der Waals surface area contributed by atoms with Crippen molar-refractivity contribution in [2.45, 2.75) is 6.92 Å². The number of hydrazine groups is 1. The number of hydrogen-bond acceptors (Lipinski definition) is 5. The van der Waals surface area contributed by atoms with Crippen LogP contribution in [-0.2, 0) is 0 Å². The van der Waals surface area contributed by atoms with Crippen LogP contribution in [0.3, 0.4) is 0 Å². The maximum atomic E-state index is 6.98. The number of nitrogens with two attached hydrogens (primary N) is 2. The lowest BCUT2D eigenvalue weighted by Crippen LogP contribution is -2.38. The van der Waals surface area contributed by atoms with Gasteiger partial charge in [0.15, 0.2) is 0 Å². The highest BCUT2D eigenvalue weighted by atomic mass is 15.4. The van der Waals surface area contributed by atoms with Crippen LogP contribution in [0.25, 0.3) is 0 Å². The Balaban J connectivity index is 3.92. The summed E-state index contributed by atoms with van der Waals surface area (Å²) in [5.41, 5.74) is 12.0. The van der Waals surface area contributed by atoms with Gasteiger partial charge in [0.2, 0.25) is 11.9 Å². The van der Waals surface area contributed by atoms with Crippen molar-refractivity contribution in [1.82, 2.24) is 16.3 Å². The van der Waals surface area contributed by atoms with E-state index in [0.29, 0.717) is 5.71 Å². The van der Waals surface area contributed by atoms with Crippen molar-refractivity contribution in [3.63, 3.8) is 0 Å². The normalized spacial score (nSPS) is 11.1. The van der Waals surface area contributed by atoms with Crippen LogP contribution in [-0.4, -0.2) is 23.8 Å². The van der Waals surface area contributed by atoms with Crippen LogP contribution >= 0.6 is 0 Å². The Morgan fingerprint density at radius 3 is 2.50 bits per heavy atom. The van der Waals surface area contributed by atoms with Gasteiger partial charge in [-0.15, -0.1) is 0 Å². The first kappa shape index (κ1) is 11.8. The van der Waals surface area contributed by atoms with E-state index < -0.39 is 0 Å². The van der Waals surface area contributed by atoms with Gasteiger partial charge < -0.3 is 5.73 Å². The second-order valence-corrected chi connectivity index (χ2v) is 2.17. The first-order chi connectivity index (χ1) is 6.56. The van der Waals surface area contributed by atoms with Gasteiger partial charge in [-0.3, -0.25) is 16.2 Å². The number of rotatable bonds is 3. The predicted octanol–water partition coefficient (Wildman–Crippen LogP) is -2.18. The number of nitrogens with one attached hydrogen (secondary N) is 5. The highest BCUT2D eigenvalue weighted by Gasteiger charge is 1.87. The average molecular weight is 199 g/mol. The molecule has 0 unspecified atom stereocenters. The fraction of sp³-hybridized carbons (Fsp3) is 0.200. The molecule has 0 saturated heterocycles. The van der Waals surface area contributed by atoms with Crippen LogP contribution < -0.4 is 27.9 Å². The number of guanidine groups is 2. The maximum Gasteiger partial charge on any atom is 0.223 e. The molecule has 0 aliphatic rings. The Morgan fingerprint density at radius 1 is 1.36 bits per heavy atom. The van der Waals surface area contributed by atoms with Crippen molar-refractivity contribution in [1.29, 1.82) is 10.8 Å². The summed E-state index contributed by atoms with van der Waals surface area (Å²) in [6.45, 7) is 1.64. The molecule has 9 nitrogen and oxygen atoms in total. The van der Waals surface area contributed by atoms with Gasteiger partial charge in [0.25, 0.3) is 0 Å². The molecule has 0 aliphatic heterocycles. The molecule has 0 aromatic heterocycles. The molecule has 14 heavy (non-hydrogen) atoms. The monoisotopic (exact) mass is 199 g/mol. The second kappa shape index (κ2) is 6.37. The minimum atomic E-state index is -0.262. The topological polar surface area (TPSA) is 161 Å². The average Bonchev–Trinajstić information content (AvgIpc) is 2.14. The summed E-state index contributed by atoms with van der Waals surface area (Å²) in [6.07, 6.45) is 1.34. The highest BCUT2D eigenvalue weighted by molar-refractivity contribution is 6.29. The van der Waals surface area contributed by atoms with Crippen LogP contribution in [0.15, 0.2) is 10.2 Å². The molecule has 0 aliphatic carbocycles. The fourth-order valence-electron chi connectivity index (χ4n) is 0.400. The summed E-state index contributed by atoms with van der Waals surface area (Å²) in [5.74, 6) is 4.48. The Labute approximate surface area is 80.6 Å². The highest BCUT2D eigenvalue weighted by Crippen LogP contribution is 1.69. The Kier molecular flexibility index (Phi) is 5.38. The van der Waals surface area contributed by atoms with Crippen molar-refractivity contribution in [3.05, 3.63) is 0 Å². The van der Waals surface area contributed by atoms with Crippen LogP contribution in [0.4, 0.5) is 0 Å². The first-order valence-electron chi connectivity index (χ1n) is 3.55. The quantitative estimate of drug-likeness (QED) is 0.119. The molecular formula is C5H13N9. The van der Waals surface area contributed by atoms with Crippen LogP contribution in [0.1, 0.15) is 6.92 Å². The van der Waals surface area contributed by atoms with Gasteiger partial charge in [0, 0.05) is 0 Å². The second-order valence-electron chi connectivity index (χ2n) is 2.17. The molecule has 0 saturated carbocycles. The van der Waals surface area contributed by atoms with Gasteiger partial charge in [-0.25, -0.2) is 16.7 Å².